The molecule has 8 heteroatoms. The first-order valence-electron chi connectivity index (χ1n) is 13.2. The molecule has 0 aromatic heterocycles. The molecule has 2 N–H and O–H groups in total. The van der Waals surface area contributed by atoms with Crippen molar-refractivity contribution in [2.24, 2.45) is 5.92 Å². The van der Waals surface area contributed by atoms with Crippen molar-refractivity contribution < 1.29 is 28.6 Å². The maximum absolute atomic E-state index is 15.4. The summed E-state index contributed by atoms with van der Waals surface area (Å²) in [7, 11) is 1.52. The Bertz CT molecular complexity index is 1410. The number of rotatable bonds is 8. The molecule has 5 rings (SSSR count). The van der Waals surface area contributed by atoms with E-state index in [-0.39, 0.29) is 11.7 Å². The monoisotopic (exact) mass is 532 g/mol. The van der Waals surface area contributed by atoms with Crippen LogP contribution in [0.5, 0.6) is 5.75 Å². The van der Waals surface area contributed by atoms with Crippen molar-refractivity contribution >= 4 is 17.6 Å². The molecule has 2 saturated heterocycles. The Morgan fingerprint density at radius 2 is 1.77 bits per heavy atom. The fourth-order valence-corrected chi connectivity index (χ4v) is 5.48. The standard InChI is InChI=1S/C31H33FN2O5/c1-18-22(20-13-26(32)25(29(14-20)38-3)17-34-15-21(16-34)31(36)37)7-4-8-23(18)24-9-5-10-27(19(24)2)33-30(35)28-11-6-12-39-28/h4-5,7-10,13-14,21,28H,6,11-12,15-17H2,1-3H3,(H,33,35)(H,36,37). The van der Waals surface area contributed by atoms with Crippen LogP contribution in [0.1, 0.15) is 29.5 Å². The molecule has 0 saturated carbocycles. The number of halogens is 1. The fourth-order valence-electron chi connectivity index (χ4n) is 5.48. The van der Waals surface area contributed by atoms with E-state index in [9.17, 15) is 9.59 Å². The zero-order valence-corrected chi connectivity index (χ0v) is 22.4. The summed E-state index contributed by atoms with van der Waals surface area (Å²) in [5, 5.41) is 12.2. The average Bonchev–Trinajstić information content (AvgIpc) is 3.43. The summed E-state index contributed by atoms with van der Waals surface area (Å²) in [6, 6.07) is 15.1. The van der Waals surface area contributed by atoms with Crippen molar-refractivity contribution in [1.82, 2.24) is 4.90 Å². The lowest BCUT2D eigenvalue weighted by Gasteiger charge is -2.36. The van der Waals surface area contributed by atoms with Crippen LogP contribution in [0.3, 0.4) is 0 Å². The summed E-state index contributed by atoms with van der Waals surface area (Å²) in [4.78, 5) is 25.7. The molecule has 204 valence electrons. The number of ether oxygens (including phenoxy) is 2. The van der Waals surface area contributed by atoms with Crippen molar-refractivity contribution in [3.63, 3.8) is 0 Å². The Morgan fingerprint density at radius 1 is 1.08 bits per heavy atom. The molecule has 3 aromatic rings. The molecule has 1 amide bonds. The molecular weight excluding hydrogens is 499 g/mol. The number of amides is 1. The smallest absolute Gasteiger partial charge is 0.309 e. The van der Waals surface area contributed by atoms with Crippen LogP contribution in [-0.4, -0.2) is 54.8 Å². The van der Waals surface area contributed by atoms with Gasteiger partial charge in [0, 0.05) is 37.5 Å². The molecule has 0 aliphatic carbocycles. The van der Waals surface area contributed by atoms with Crippen LogP contribution in [-0.2, 0) is 20.9 Å². The first-order chi connectivity index (χ1) is 18.8. The molecule has 2 fully saturated rings. The van der Waals surface area contributed by atoms with Crippen molar-refractivity contribution in [2.75, 3.05) is 32.1 Å². The van der Waals surface area contributed by atoms with Gasteiger partial charge in [-0.05, 0) is 78.3 Å². The predicted molar refractivity (Wildman–Crippen MR) is 147 cm³/mol. The number of aliphatic carboxylic acids is 1. The highest BCUT2D eigenvalue weighted by Crippen LogP contribution is 2.38. The zero-order chi connectivity index (χ0) is 27.7. The highest BCUT2D eigenvalue weighted by atomic mass is 19.1. The third kappa shape index (κ3) is 5.40. The van der Waals surface area contributed by atoms with Gasteiger partial charge < -0.3 is 19.9 Å². The summed E-state index contributed by atoms with van der Waals surface area (Å²) in [6.45, 7) is 5.68. The van der Waals surface area contributed by atoms with E-state index >= 15 is 4.39 Å². The normalized spacial score (nSPS) is 17.6. The molecular formula is C31H33FN2O5. The van der Waals surface area contributed by atoms with Gasteiger partial charge in [-0.3, -0.25) is 14.5 Å². The second-order valence-electron chi connectivity index (χ2n) is 10.3. The Balaban J connectivity index is 1.43. The molecule has 2 heterocycles. The second-order valence-corrected chi connectivity index (χ2v) is 10.3. The van der Waals surface area contributed by atoms with Crippen LogP contribution in [0.2, 0.25) is 0 Å². The van der Waals surface area contributed by atoms with Crippen molar-refractivity contribution in [1.29, 1.82) is 0 Å². The largest absolute Gasteiger partial charge is 0.496 e. The number of carboxylic acid groups (broad SMARTS) is 1. The number of methoxy groups -OCH3 is 1. The summed E-state index contributed by atoms with van der Waals surface area (Å²) in [5.74, 6) is -1.31. The van der Waals surface area contributed by atoms with E-state index in [0.717, 1.165) is 46.3 Å². The number of carbonyl (C=O) groups is 2. The van der Waals surface area contributed by atoms with Crippen LogP contribution < -0.4 is 10.1 Å². The maximum atomic E-state index is 15.4. The van der Waals surface area contributed by atoms with Gasteiger partial charge >= 0.3 is 5.97 Å². The highest BCUT2D eigenvalue weighted by molar-refractivity contribution is 5.96. The van der Waals surface area contributed by atoms with E-state index in [2.05, 4.69) is 5.32 Å². The third-order valence-electron chi connectivity index (χ3n) is 7.81. The van der Waals surface area contributed by atoms with E-state index in [1.165, 1.54) is 13.2 Å². The van der Waals surface area contributed by atoms with Gasteiger partial charge in [0.1, 0.15) is 17.7 Å². The van der Waals surface area contributed by atoms with Gasteiger partial charge in [-0.2, -0.15) is 0 Å². The second kappa shape index (κ2) is 11.2. The predicted octanol–water partition coefficient (Wildman–Crippen LogP) is 5.42. The number of likely N-dealkylation sites (tertiary alicyclic amines) is 1. The third-order valence-corrected chi connectivity index (χ3v) is 7.81. The zero-order valence-electron chi connectivity index (χ0n) is 22.4. The van der Waals surface area contributed by atoms with E-state index in [0.29, 0.717) is 43.1 Å². The van der Waals surface area contributed by atoms with Gasteiger partial charge in [0.15, 0.2) is 0 Å². The van der Waals surface area contributed by atoms with Crippen LogP contribution in [0.25, 0.3) is 22.3 Å². The Hall–Kier alpha value is -3.75. The van der Waals surface area contributed by atoms with Crippen LogP contribution >= 0.6 is 0 Å². The molecule has 1 atom stereocenters. The van der Waals surface area contributed by atoms with Crippen molar-refractivity contribution in [3.8, 4) is 28.0 Å². The SMILES string of the molecule is COc1cc(-c2cccc(-c3cccc(NC(=O)C4CCCO4)c3C)c2C)cc(F)c1CN1CC(C(=O)O)C1. The number of carboxylic acids is 1. The van der Waals surface area contributed by atoms with Crippen LogP contribution in [0, 0.1) is 25.6 Å². The molecule has 0 radical (unpaired) electrons. The number of nitrogens with one attached hydrogen (secondary N) is 1. The highest BCUT2D eigenvalue weighted by Gasteiger charge is 2.33. The summed E-state index contributed by atoms with van der Waals surface area (Å²) >= 11 is 0. The lowest BCUT2D eigenvalue weighted by Crippen LogP contribution is -2.49. The lowest BCUT2D eigenvalue weighted by molar-refractivity contribution is -0.147. The van der Waals surface area contributed by atoms with Gasteiger partial charge in [-0.15, -0.1) is 0 Å². The minimum atomic E-state index is -0.824. The van der Waals surface area contributed by atoms with Crippen LogP contribution in [0.15, 0.2) is 48.5 Å². The van der Waals surface area contributed by atoms with E-state index in [1.54, 1.807) is 0 Å². The first-order valence-corrected chi connectivity index (χ1v) is 13.2. The molecule has 7 nitrogen and oxygen atoms in total. The molecule has 0 spiro atoms. The van der Waals surface area contributed by atoms with Gasteiger partial charge in [0.25, 0.3) is 5.91 Å². The van der Waals surface area contributed by atoms with Crippen molar-refractivity contribution in [2.45, 2.75) is 39.3 Å². The van der Waals surface area contributed by atoms with E-state index in [1.807, 2.05) is 61.2 Å². The van der Waals surface area contributed by atoms with E-state index < -0.39 is 18.0 Å². The molecule has 1 unspecified atom stereocenters. The number of benzene rings is 3. The van der Waals surface area contributed by atoms with Gasteiger partial charge in [0.2, 0.25) is 0 Å². The Kier molecular flexibility index (Phi) is 7.68. The number of hydrogen-bond donors (Lipinski definition) is 2. The number of nitrogens with zero attached hydrogens (tertiary/aromatic N) is 1. The quantitative estimate of drug-likeness (QED) is 0.403. The number of hydrogen-bond acceptors (Lipinski definition) is 5. The van der Waals surface area contributed by atoms with Gasteiger partial charge in [0.05, 0.1) is 13.0 Å². The summed E-state index contributed by atoms with van der Waals surface area (Å²) in [5.41, 5.74) is 6.62. The van der Waals surface area contributed by atoms with Crippen LogP contribution in [0.4, 0.5) is 10.1 Å². The van der Waals surface area contributed by atoms with Gasteiger partial charge in [-0.25, -0.2) is 4.39 Å². The molecule has 2 aliphatic rings. The maximum Gasteiger partial charge on any atom is 0.309 e. The first kappa shape index (κ1) is 26.8. The van der Waals surface area contributed by atoms with E-state index in [4.69, 9.17) is 14.6 Å². The minimum Gasteiger partial charge on any atom is -0.496 e. The number of carbonyl (C=O) groups excluding carboxylic acids is 1. The summed E-state index contributed by atoms with van der Waals surface area (Å²) < 4.78 is 26.5. The molecule has 3 aromatic carbocycles. The van der Waals surface area contributed by atoms with Crippen molar-refractivity contribution in [3.05, 3.63) is 71.0 Å². The molecule has 0 bridgehead atoms. The van der Waals surface area contributed by atoms with Gasteiger partial charge in [-0.1, -0.05) is 30.3 Å². The lowest BCUT2D eigenvalue weighted by atomic mass is 9.90. The number of anilines is 1. The summed E-state index contributed by atoms with van der Waals surface area (Å²) in [6.07, 6.45) is 1.20. The Labute approximate surface area is 227 Å². The molecule has 2 aliphatic heterocycles. The molecule has 39 heavy (non-hydrogen) atoms. The average molecular weight is 533 g/mol. The Morgan fingerprint density at radius 3 is 2.44 bits per heavy atom. The topological polar surface area (TPSA) is 88.1 Å². The fraction of sp³-hybridized carbons (Fsp3) is 0.355. The minimum absolute atomic E-state index is 0.127.